The fourth-order valence-corrected chi connectivity index (χ4v) is 3.16. The van der Waals surface area contributed by atoms with Crippen molar-refractivity contribution in [1.29, 1.82) is 0 Å². The van der Waals surface area contributed by atoms with Crippen molar-refractivity contribution in [3.63, 3.8) is 0 Å². The van der Waals surface area contributed by atoms with Crippen molar-refractivity contribution in [2.24, 2.45) is 5.73 Å². The zero-order valence-electron chi connectivity index (χ0n) is 13.3. The Morgan fingerprint density at radius 1 is 1.05 bits per heavy atom. The number of carbonyl (C=O) groups excluding carboxylic acids is 2. The van der Waals surface area contributed by atoms with Crippen LogP contribution in [0.15, 0.2) is 0 Å². The second-order valence-electron chi connectivity index (χ2n) is 6.10. The number of hydrogen-bond donors (Lipinski definition) is 2. The zero-order chi connectivity index (χ0) is 15.1. The van der Waals surface area contributed by atoms with Crippen molar-refractivity contribution in [2.75, 3.05) is 39.3 Å². The molecule has 7 heteroatoms. The van der Waals surface area contributed by atoms with Crippen molar-refractivity contribution in [3.05, 3.63) is 0 Å². The fourth-order valence-electron chi connectivity index (χ4n) is 3.16. The normalized spacial score (nSPS) is 20.3. The van der Waals surface area contributed by atoms with Crippen LogP contribution in [0.2, 0.25) is 0 Å². The minimum Gasteiger partial charge on any atom is -0.352 e. The Balaban J connectivity index is 0.00000242. The first kappa shape index (κ1) is 19.2. The monoisotopic (exact) mass is 332 g/mol. The van der Waals surface area contributed by atoms with E-state index >= 15 is 0 Å². The molecule has 1 saturated carbocycles. The molecule has 3 N–H and O–H groups in total. The number of nitrogens with zero attached hydrogens (tertiary/aromatic N) is 2. The average molecular weight is 333 g/mol. The van der Waals surface area contributed by atoms with Gasteiger partial charge >= 0.3 is 0 Å². The Bertz CT molecular complexity index is 353. The number of amides is 2. The molecule has 0 spiro atoms. The maximum atomic E-state index is 12.0. The first-order chi connectivity index (χ1) is 10.2. The van der Waals surface area contributed by atoms with E-state index in [1.807, 2.05) is 4.90 Å². The lowest BCUT2D eigenvalue weighted by Gasteiger charge is -2.34. The lowest BCUT2D eigenvalue weighted by atomic mass is 9.95. The van der Waals surface area contributed by atoms with Crippen LogP contribution in [-0.4, -0.2) is 66.9 Å². The van der Waals surface area contributed by atoms with Crippen LogP contribution in [0.4, 0.5) is 0 Å². The predicted molar refractivity (Wildman–Crippen MR) is 89.0 cm³/mol. The summed E-state index contributed by atoms with van der Waals surface area (Å²) in [6, 6.07) is 0.374. The van der Waals surface area contributed by atoms with Gasteiger partial charge in [-0.1, -0.05) is 19.3 Å². The maximum Gasteiger partial charge on any atom is 0.234 e. The summed E-state index contributed by atoms with van der Waals surface area (Å²) in [5, 5.41) is 3.14. The van der Waals surface area contributed by atoms with Crippen LogP contribution in [-0.2, 0) is 9.59 Å². The van der Waals surface area contributed by atoms with Crippen molar-refractivity contribution < 1.29 is 9.59 Å². The fraction of sp³-hybridized carbons (Fsp3) is 0.867. The molecule has 1 aliphatic carbocycles. The lowest BCUT2D eigenvalue weighted by molar-refractivity contribution is -0.133. The van der Waals surface area contributed by atoms with Crippen molar-refractivity contribution in [2.45, 2.75) is 44.6 Å². The van der Waals surface area contributed by atoms with E-state index in [1.54, 1.807) is 0 Å². The van der Waals surface area contributed by atoms with Crippen molar-refractivity contribution >= 4 is 24.2 Å². The van der Waals surface area contributed by atoms with Gasteiger partial charge in [0.15, 0.2) is 0 Å². The molecule has 6 nitrogen and oxygen atoms in total. The third-order valence-electron chi connectivity index (χ3n) is 4.42. The van der Waals surface area contributed by atoms with Crippen LogP contribution < -0.4 is 11.1 Å². The van der Waals surface area contributed by atoms with Gasteiger partial charge in [0.1, 0.15) is 0 Å². The second-order valence-corrected chi connectivity index (χ2v) is 6.10. The van der Waals surface area contributed by atoms with Gasteiger partial charge in [0, 0.05) is 45.2 Å². The van der Waals surface area contributed by atoms with Gasteiger partial charge < -0.3 is 16.0 Å². The summed E-state index contributed by atoms with van der Waals surface area (Å²) >= 11 is 0. The van der Waals surface area contributed by atoms with E-state index in [9.17, 15) is 9.59 Å². The van der Waals surface area contributed by atoms with Gasteiger partial charge in [-0.2, -0.15) is 0 Å². The smallest absolute Gasteiger partial charge is 0.234 e. The number of nitrogens with two attached hydrogens (primary N) is 1. The Kier molecular flexibility index (Phi) is 8.75. The summed E-state index contributed by atoms with van der Waals surface area (Å²) in [6.45, 7) is 3.81. The standard InChI is InChI=1S/C15H28N4O2.ClH/c16-7-6-15(21)19-10-8-18(9-11-19)12-14(20)17-13-4-2-1-3-5-13;/h13H,1-12,16H2,(H,17,20);1H. The van der Waals surface area contributed by atoms with E-state index in [-0.39, 0.29) is 24.2 Å². The van der Waals surface area contributed by atoms with Gasteiger partial charge in [-0.15, -0.1) is 12.4 Å². The molecule has 128 valence electrons. The molecular formula is C15H29ClN4O2. The minimum atomic E-state index is 0. The number of halogens is 1. The van der Waals surface area contributed by atoms with Gasteiger partial charge in [-0.05, 0) is 12.8 Å². The quantitative estimate of drug-likeness (QED) is 0.761. The van der Waals surface area contributed by atoms with Crippen LogP contribution in [0.3, 0.4) is 0 Å². The number of rotatable bonds is 5. The SMILES string of the molecule is Cl.NCCC(=O)N1CCN(CC(=O)NC2CCCCC2)CC1. The van der Waals surface area contributed by atoms with E-state index in [4.69, 9.17) is 5.73 Å². The molecule has 1 saturated heterocycles. The van der Waals surface area contributed by atoms with Crippen LogP contribution in [0.25, 0.3) is 0 Å². The average Bonchev–Trinajstić information content (AvgIpc) is 2.49. The summed E-state index contributed by atoms with van der Waals surface area (Å²) in [4.78, 5) is 27.8. The Morgan fingerprint density at radius 3 is 2.27 bits per heavy atom. The first-order valence-electron chi connectivity index (χ1n) is 8.18. The van der Waals surface area contributed by atoms with Crippen LogP contribution in [0.1, 0.15) is 38.5 Å². The molecule has 1 aliphatic heterocycles. The topological polar surface area (TPSA) is 78.7 Å². The highest BCUT2D eigenvalue weighted by atomic mass is 35.5. The highest BCUT2D eigenvalue weighted by Gasteiger charge is 2.23. The number of carbonyl (C=O) groups is 2. The van der Waals surface area contributed by atoms with Gasteiger partial charge in [0.2, 0.25) is 11.8 Å². The Hall–Kier alpha value is -0.850. The zero-order valence-corrected chi connectivity index (χ0v) is 14.1. The highest BCUT2D eigenvalue weighted by molar-refractivity contribution is 5.85. The molecule has 0 unspecified atom stereocenters. The van der Waals surface area contributed by atoms with E-state index in [2.05, 4.69) is 10.2 Å². The molecule has 22 heavy (non-hydrogen) atoms. The number of piperazine rings is 1. The van der Waals surface area contributed by atoms with E-state index in [1.165, 1.54) is 19.3 Å². The molecule has 0 aromatic heterocycles. The van der Waals surface area contributed by atoms with Gasteiger partial charge in [-0.25, -0.2) is 0 Å². The molecule has 0 radical (unpaired) electrons. The first-order valence-corrected chi connectivity index (χ1v) is 8.18. The number of nitrogens with one attached hydrogen (secondary N) is 1. The molecule has 0 atom stereocenters. The Morgan fingerprint density at radius 2 is 1.68 bits per heavy atom. The van der Waals surface area contributed by atoms with Crippen LogP contribution in [0, 0.1) is 0 Å². The Labute approximate surface area is 139 Å². The molecule has 2 rings (SSSR count). The van der Waals surface area contributed by atoms with Crippen LogP contribution in [0.5, 0.6) is 0 Å². The summed E-state index contributed by atoms with van der Waals surface area (Å²) in [5.41, 5.74) is 5.41. The van der Waals surface area contributed by atoms with Gasteiger partial charge in [0.05, 0.1) is 6.54 Å². The molecule has 2 amide bonds. The molecule has 0 aromatic carbocycles. The predicted octanol–water partition coefficient (Wildman–Crippen LogP) is 0.350. The largest absolute Gasteiger partial charge is 0.352 e. The molecule has 0 bridgehead atoms. The molecule has 0 aromatic rings. The summed E-state index contributed by atoms with van der Waals surface area (Å²) in [6.07, 6.45) is 6.41. The van der Waals surface area contributed by atoms with E-state index < -0.39 is 0 Å². The second kappa shape index (κ2) is 10.0. The third-order valence-corrected chi connectivity index (χ3v) is 4.42. The molecule has 2 fully saturated rings. The van der Waals surface area contributed by atoms with Crippen molar-refractivity contribution in [1.82, 2.24) is 15.1 Å². The molecule has 2 aliphatic rings. The van der Waals surface area contributed by atoms with Crippen molar-refractivity contribution in [3.8, 4) is 0 Å². The summed E-state index contributed by atoms with van der Waals surface area (Å²) in [5.74, 6) is 0.257. The summed E-state index contributed by atoms with van der Waals surface area (Å²) < 4.78 is 0. The number of hydrogen-bond acceptors (Lipinski definition) is 4. The van der Waals surface area contributed by atoms with E-state index in [0.29, 0.717) is 38.6 Å². The highest BCUT2D eigenvalue weighted by Crippen LogP contribution is 2.17. The van der Waals surface area contributed by atoms with E-state index in [0.717, 1.165) is 25.9 Å². The maximum absolute atomic E-state index is 12.0. The lowest BCUT2D eigenvalue weighted by Crippen LogP contribution is -2.52. The van der Waals surface area contributed by atoms with Gasteiger partial charge in [-0.3, -0.25) is 14.5 Å². The van der Waals surface area contributed by atoms with Crippen LogP contribution >= 0.6 is 12.4 Å². The summed E-state index contributed by atoms with van der Waals surface area (Å²) in [7, 11) is 0. The molecular weight excluding hydrogens is 304 g/mol. The van der Waals surface area contributed by atoms with Gasteiger partial charge in [0.25, 0.3) is 0 Å². The third kappa shape index (κ3) is 6.10. The molecule has 1 heterocycles. The minimum absolute atomic E-state index is 0.